The molecule has 0 aliphatic carbocycles. The average Bonchev–Trinajstić information content (AvgIpc) is 2.81. The van der Waals surface area contributed by atoms with E-state index >= 15 is 0 Å². The number of nitrogens with one attached hydrogen (secondary N) is 1. The van der Waals surface area contributed by atoms with Gasteiger partial charge in [-0.05, 0) is 49.4 Å². The van der Waals surface area contributed by atoms with Gasteiger partial charge in [0.25, 0.3) is 0 Å². The third-order valence-corrected chi connectivity index (χ3v) is 7.01. The van der Waals surface area contributed by atoms with E-state index in [0.717, 1.165) is 5.56 Å². The van der Waals surface area contributed by atoms with Crippen LogP contribution in [0.5, 0.6) is 5.75 Å². The first-order chi connectivity index (χ1) is 15.8. The quantitative estimate of drug-likeness (QED) is 0.471. The molecule has 0 radical (unpaired) electrons. The molecule has 1 aromatic heterocycles. The number of para-hydroxylation sites is 1. The number of nitrogens with zero attached hydrogens (tertiary/aromatic N) is 1. The van der Waals surface area contributed by atoms with Gasteiger partial charge in [0.2, 0.25) is 21.2 Å². The molecular formula is C25H22N2O5S. The van der Waals surface area contributed by atoms with Crippen LogP contribution in [0, 0.1) is 6.92 Å². The molecule has 33 heavy (non-hydrogen) atoms. The van der Waals surface area contributed by atoms with Crippen molar-refractivity contribution in [2.24, 2.45) is 0 Å². The number of carbonyl (C=O) groups excluding carboxylic acids is 1. The molecule has 0 aliphatic heterocycles. The lowest BCUT2D eigenvalue weighted by Crippen LogP contribution is -2.24. The van der Waals surface area contributed by atoms with Gasteiger partial charge >= 0.3 is 0 Å². The first kappa shape index (κ1) is 22.3. The molecule has 4 rings (SSSR count). The van der Waals surface area contributed by atoms with Gasteiger partial charge in [-0.3, -0.25) is 9.59 Å². The standard InChI is InChI=1S/C25H22N2O5S/c1-17-8-11-20(12-9-17)33(30,31)23-15-27(16-24(28)26-18-6-4-3-5-7-18)22-13-10-19(32-2)14-21(22)25(23)29/h3-15H,16H2,1-2H3,(H,26,28). The molecule has 0 unspecified atom stereocenters. The van der Waals surface area contributed by atoms with Gasteiger partial charge in [0.05, 0.1) is 22.9 Å². The molecule has 3 aromatic carbocycles. The van der Waals surface area contributed by atoms with Gasteiger partial charge in [-0.2, -0.15) is 0 Å². The number of hydrogen-bond acceptors (Lipinski definition) is 5. The number of fused-ring (bicyclic) bond motifs is 1. The lowest BCUT2D eigenvalue weighted by atomic mass is 10.2. The fourth-order valence-corrected chi connectivity index (χ4v) is 4.89. The minimum absolute atomic E-state index is 0.00716. The summed E-state index contributed by atoms with van der Waals surface area (Å²) in [5.74, 6) is 0.0467. The number of aryl methyl sites for hydroxylation is 1. The summed E-state index contributed by atoms with van der Waals surface area (Å²) in [6.07, 6.45) is 1.23. The van der Waals surface area contributed by atoms with E-state index in [1.807, 2.05) is 13.0 Å². The number of sulfone groups is 1. The van der Waals surface area contributed by atoms with Crippen LogP contribution in [-0.2, 0) is 21.2 Å². The first-order valence-corrected chi connectivity index (χ1v) is 11.7. The van der Waals surface area contributed by atoms with E-state index in [0.29, 0.717) is 17.0 Å². The Kier molecular flexibility index (Phi) is 6.02. The summed E-state index contributed by atoms with van der Waals surface area (Å²) in [7, 11) is -2.66. The number of aromatic nitrogens is 1. The van der Waals surface area contributed by atoms with Crippen molar-refractivity contribution in [1.82, 2.24) is 4.57 Å². The van der Waals surface area contributed by atoms with Gasteiger partial charge in [0.1, 0.15) is 17.2 Å². The number of hydrogen-bond donors (Lipinski definition) is 1. The maximum absolute atomic E-state index is 13.3. The number of methoxy groups -OCH3 is 1. The van der Waals surface area contributed by atoms with Crippen molar-refractivity contribution in [3.05, 3.63) is 94.8 Å². The minimum Gasteiger partial charge on any atom is -0.497 e. The van der Waals surface area contributed by atoms with Gasteiger partial charge in [0, 0.05) is 11.9 Å². The van der Waals surface area contributed by atoms with Crippen molar-refractivity contribution in [1.29, 1.82) is 0 Å². The lowest BCUT2D eigenvalue weighted by Gasteiger charge is -2.15. The molecule has 1 amide bonds. The summed E-state index contributed by atoms with van der Waals surface area (Å²) in [6, 6.07) is 20.0. The van der Waals surface area contributed by atoms with E-state index in [-0.39, 0.29) is 22.7 Å². The molecule has 1 N–H and O–H groups in total. The molecule has 0 fully saturated rings. The minimum atomic E-state index is -4.12. The number of pyridine rings is 1. The molecular weight excluding hydrogens is 440 g/mol. The Hall–Kier alpha value is -3.91. The molecule has 8 heteroatoms. The predicted molar refractivity (Wildman–Crippen MR) is 126 cm³/mol. The monoisotopic (exact) mass is 462 g/mol. The zero-order valence-corrected chi connectivity index (χ0v) is 18.9. The molecule has 0 saturated carbocycles. The van der Waals surface area contributed by atoms with Crippen LogP contribution in [0.3, 0.4) is 0 Å². The van der Waals surface area contributed by atoms with E-state index in [9.17, 15) is 18.0 Å². The zero-order chi connectivity index (χ0) is 23.6. The fraction of sp³-hybridized carbons (Fsp3) is 0.120. The van der Waals surface area contributed by atoms with Crippen molar-refractivity contribution in [3.8, 4) is 5.75 Å². The largest absolute Gasteiger partial charge is 0.497 e. The highest BCUT2D eigenvalue weighted by atomic mass is 32.2. The Balaban J connectivity index is 1.85. The third kappa shape index (κ3) is 4.51. The van der Waals surface area contributed by atoms with Crippen molar-refractivity contribution in [2.75, 3.05) is 12.4 Å². The Morgan fingerprint density at radius 2 is 1.70 bits per heavy atom. The second-order valence-electron chi connectivity index (χ2n) is 7.56. The fourth-order valence-electron chi connectivity index (χ4n) is 3.52. The van der Waals surface area contributed by atoms with E-state index < -0.39 is 20.2 Å². The summed E-state index contributed by atoms with van der Waals surface area (Å²) in [4.78, 5) is 25.6. The van der Waals surface area contributed by atoms with Crippen molar-refractivity contribution < 1.29 is 17.9 Å². The first-order valence-electron chi connectivity index (χ1n) is 10.2. The SMILES string of the molecule is COc1ccc2c(c1)c(=O)c(S(=O)(=O)c1ccc(C)cc1)cn2CC(=O)Nc1ccccc1. The topological polar surface area (TPSA) is 94.5 Å². The molecule has 168 valence electrons. The molecule has 0 saturated heterocycles. The summed E-state index contributed by atoms with van der Waals surface area (Å²) in [5, 5.41) is 2.92. The van der Waals surface area contributed by atoms with E-state index in [4.69, 9.17) is 4.74 Å². The second kappa shape index (κ2) is 8.91. The van der Waals surface area contributed by atoms with Crippen LogP contribution in [-0.4, -0.2) is 26.0 Å². The van der Waals surface area contributed by atoms with Crippen LogP contribution in [0.25, 0.3) is 10.9 Å². The summed E-state index contributed by atoms with van der Waals surface area (Å²) in [6.45, 7) is 1.66. The van der Waals surface area contributed by atoms with Crippen molar-refractivity contribution in [3.63, 3.8) is 0 Å². The Morgan fingerprint density at radius 3 is 2.36 bits per heavy atom. The Labute approximate surface area is 191 Å². The molecule has 0 aliphatic rings. The van der Waals surface area contributed by atoms with Gasteiger partial charge < -0.3 is 14.6 Å². The molecule has 0 spiro atoms. The number of amides is 1. The highest BCUT2D eigenvalue weighted by molar-refractivity contribution is 7.91. The Bertz CT molecular complexity index is 1490. The summed E-state index contributed by atoms with van der Waals surface area (Å²) in [5.41, 5.74) is 1.28. The van der Waals surface area contributed by atoms with Gasteiger partial charge in [-0.15, -0.1) is 0 Å². The number of anilines is 1. The number of rotatable bonds is 6. The molecule has 0 atom stereocenters. The normalized spacial score (nSPS) is 11.3. The van der Waals surface area contributed by atoms with Crippen LogP contribution < -0.4 is 15.5 Å². The molecule has 7 nitrogen and oxygen atoms in total. The van der Waals surface area contributed by atoms with E-state index in [1.54, 1.807) is 48.5 Å². The maximum atomic E-state index is 13.3. The highest BCUT2D eigenvalue weighted by Crippen LogP contribution is 2.24. The smallest absolute Gasteiger partial charge is 0.244 e. The molecule has 1 heterocycles. The van der Waals surface area contributed by atoms with Crippen LogP contribution in [0.2, 0.25) is 0 Å². The van der Waals surface area contributed by atoms with Gasteiger partial charge in [-0.25, -0.2) is 8.42 Å². The second-order valence-corrected chi connectivity index (χ2v) is 9.48. The number of carbonyl (C=O) groups is 1. The Morgan fingerprint density at radius 1 is 1.00 bits per heavy atom. The van der Waals surface area contributed by atoms with Crippen LogP contribution in [0.15, 0.2) is 93.6 Å². The predicted octanol–water partition coefficient (Wildman–Crippen LogP) is 3.79. The van der Waals surface area contributed by atoms with Crippen LogP contribution in [0.4, 0.5) is 5.69 Å². The van der Waals surface area contributed by atoms with E-state index in [2.05, 4.69) is 5.32 Å². The van der Waals surface area contributed by atoms with Crippen molar-refractivity contribution in [2.45, 2.75) is 23.3 Å². The highest BCUT2D eigenvalue weighted by Gasteiger charge is 2.24. The van der Waals surface area contributed by atoms with E-state index in [1.165, 1.54) is 36.1 Å². The van der Waals surface area contributed by atoms with Gasteiger partial charge in [0.15, 0.2) is 0 Å². The summed E-state index contributed by atoms with van der Waals surface area (Å²) >= 11 is 0. The summed E-state index contributed by atoms with van der Waals surface area (Å²) < 4.78 is 33.4. The number of ether oxygens (including phenoxy) is 1. The molecule has 0 bridgehead atoms. The van der Waals surface area contributed by atoms with Crippen molar-refractivity contribution >= 4 is 32.3 Å². The average molecular weight is 463 g/mol. The zero-order valence-electron chi connectivity index (χ0n) is 18.1. The van der Waals surface area contributed by atoms with Crippen LogP contribution >= 0.6 is 0 Å². The lowest BCUT2D eigenvalue weighted by molar-refractivity contribution is -0.116. The third-order valence-electron chi connectivity index (χ3n) is 5.25. The molecule has 4 aromatic rings. The maximum Gasteiger partial charge on any atom is 0.244 e. The van der Waals surface area contributed by atoms with Crippen LogP contribution in [0.1, 0.15) is 5.56 Å². The number of benzene rings is 3. The van der Waals surface area contributed by atoms with Gasteiger partial charge in [-0.1, -0.05) is 35.9 Å².